The van der Waals surface area contributed by atoms with Gasteiger partial charge in [0.1, 0.15) is 5.69 Å². The lowest BCUT2D eigenvalue weighted by atomic mass is 10.3. The van der Waals surface area contributed by atoms with E-state index in [-0.39, 0.29) is 17.4 Å². The fraction of sp³-hybridized carbons (Fsp3) is 0.250. The molecule has 0 amide bonds. The van der Waals surface area contributed by atoms with Crippen LogP contribution in [0, 0.1) is 6.92 Å². The molecule has 0 radical (unpaired) electrons. The number of aliphatic imine (C=N–C) groups is 2. The van der Waals surface area contributed by atoms with Crippen molar-refractivity contribution in [1.82, 2.24) is 20.7 Å². The second-order valence-corrected chi connectivity index (χ2v) is 4.56. The van der Waals surface area contributed by atoms with Crippen LogP contribution in [0.25, 0.3) is 5.70 Å². The fourth-order valence-electron chi connectivity index (χ4n) is 1.56. The molecule has 18 heavy (non-hydrogen) atoms. The number of thioether (sulfide) groups is 1. The largest absolute Gasteiger partial charge is 0.368 e. The Morgan fingerprint density at radius 2 is 2.28 bits per heavy atom. The molecule has 2 aliphatic rings. The molecule has 0 fully saturated rings. The van der Waals surface area contributed by atoms with Gasteiger partial charge in [-0.25, -0.2) is 14.6 Å². The molecule has 3 heterocycles. The van der Waals surface area contributed by atoms with E-state index in [9.17, 15) is 0 Å². The average molecular weight is 266 g/mol. The van der Waals surface area contributed by atoms with E-state index >= 15 is 0 Å². The first-order valence-corrected chi connectivity index (χ1v) is 5.98. The predicted molar refractivity (Wildman–Crippen MR) is 66.6 cm³/mol. The molecule has 0 bridgehead atoms. The van der Waals surface area contributed by atoms with Crippen molar-refractivity contribution in [3.63, 3.8) is 0 Å². The van der Waals surface area contributed by atoms with Crippen LogP contribution in [-0.4, -0.2) is 32.7 Å². The van der Waals surface area contributed by atoms with Gasteiger partial charge in [-0.1, -0.05) is 16.9 Å². The van der Waals surface area contributed by atoms with Crippen molar-refractivity contribution in [1.29, 1.82) is 0 Å². The minimum atomic E-state index is -0.272. The van der Waals surface area contributed by atoms with E-state index in [1.165, 1.54) is 11.8 Å². The number of aryl methyl sites for hydroxylation is 1. The SMILES string of the molecule is Cc1nonc1C1=CS[C@H]2N=C(N)N=C(N)N2N1. The number of aromatic nitrogens is 2. The van der Waals surface area contributed by atoms with Gasteiger partial charge in [-0.2, -0.15) is 4.99 Å². The second kappa shape index (κ2) is 3.91. The predicted octanol–water partition coefficient (Wildman–Crippen LogP) is -0.844. The van der Waals surface area contributed by atoms with Gasteiger partial charge in [0.2, 0.25) is 11.9 Å². The third-order valence-electron chi connectivity index (χ3n) is 2.40. The summed E-state index contributed by atoms with van der Waals surface area (Å²) in [6, 6.07) is 0. The first-order chi connectivity index (χ1) is 8.65. The van der Waals surface area contributed by atoms with Crippen molar-refractivity contribution in [2.75, 3.05) is 0 Å². The summed E-state index contributed by atoms with van der Waals surface area (Å²) in [5, 5.41) is 11.0. The van der Waals surface area contributed by atoms with Crippen LogP contribution in [0.5, 0.6) is 0 Å². The van der Waals surface area contributed by atoms with Gasteiger partial charge in [0.15, 0.2) is 11.2 Å². The molecule has 3 rings (SSSR count). The molecule has 5 N–H and O–H groups in total. The molecule has 1 atom stereocenters. The number of nitrogens with zero attached hydrogens (tertiary/aromatic N) is 5. The number of fused-ring (bicyclic) bond motifs is 1. The van der Waals surface area contributed by atoms with E-state index in [1.807, 2.05) is 5.41 Å². The Morgan fingerprint density at radius 1 is 1.44 bits per heavy atom. The number of hydrogen-bond acceptors (Lipinski definition) is 10. The number of rotatable bonds is 1. The van der Waals surface area contributed by atoms with Crippen LogP contribution in [0.4, 0.5) is 0 Å². The van der Waals surface area contributed by atoms with Crippen LogP contribution in [0.2, 0.25) is 0 Å². The van der Waals surface area contributed by atoms with Crippen molar-refractivity contribution in [3.8, 4) is 0 Å². The van der Waals surface area contributed by atoms with E-state index < -0.39 is 0 Å². The van der Waals surface area contributed by atoms with E-state index in [2.05, 4.69) is 30.4 Å². The first-order valence-electron chi connectivity index (χ1n) is 5.03. The topological polar surface area (TPSA) is 131 Å². The van der Waals surface area contributed by atoms with Gasteiger partial charge in [-0.3, -0.25) is 5.43 Å². The van der Waals surface area contributed by atoms with Crippen molar-refractivity contribution in [2.45, 2.75) is 12.4 Å². The van der Waals surface area contributed by atoms with E-state index in [1.54, 1.807) is 11.9 Å². The lowest BCUT2D eigenvalue weighted by Crippen LogP contribution is -2.54. The highest BCUT2D eigenvalue weighted by Crippen LogP contribution is 2.29. The molecule has 10 heteroatoms. The molecular weight excluding hydrogens is 256 g/mol. The minimum Gasteiger partial charge on any atom is -0.368 e. The summed E-state index contributed by atoms with van der Waals surface area (Å²) < 4.78 is 4.66. The Hall–Kier alpha value is -2.23. The van der Waals surface area contributed by atoms with Gasteiger partial charge in [-0.05, 0) is 12.1 Å². The van der Waals surface area contributed by atoms with Crippen molar-refractivity contribution < 1.29 is 4.63 Å². The summed E-state index contributed by atoms with van der Waals surface area (Å²) >= 11 is 1.43. The molecule has 0 unspecified atom stereocenters. The molecule has 0 aliphatic carbocycles. The Kier molecular flexibility index (Phi) is 2.37. The zero-order valence-electron chi connectivity index (χ0n) is 9.36. The summed E-state index contributed by atoms with van der Waals surface area (Å²) in [6.45, 7) is 1.80. The number of nitrogens with one attached hydrogen (secondary N) is 1. The maximum absolute atomic E-state index is 5.79. The highest BCUT2D eigenvalue weighted by Gasteiger charge is 2.30. The Balaban J connectivity index is 1.92. The smallest absolute Gasteiger partial charge is 0.221 e. The third-order valence-corrected chi connectivity index (χ3v) is 3.33. The molecule has 9 nitrogen and oxygen atoms in total. The number of nitrogens with two attached hydrogens (primary N) is 2. The summed E-state index contributed by atoms with van der Waals surface area (Å²) in [5.41, 5.74) is 16.1. The molecule has 2 aliphatic heterocycles. The molecule has 0 aromatic carbocycles. The number of hydrazine groups is 1. The van der Waals surface area contributed by atoms with Crippen LogP contribution in [0.1, 0.15) is 11.4 Å². The van der Waals surface area contributed by atoms with Gasteiger partial charge < -0.3 is 11.5 Å². The molecular formula is C8H10N8OS. The van der Waals surface area contributed by atoms with E-state index in [0.29, 0.717) is 11.4 Å². The van der Waals surface area contributed by atoms with Gasteiger partial charge in [0, 0.05) is 5.41 Å². The molecule has 1 aromatic heterocycles. The fourth-order valence-corrected chi connectivity index (χ4v) is 2.43. The van der Waals surface area contributed by atoms with Crippen molar-refractivity contribution in [3.05, 3.63) is 16.8 Å². The number of hydrogen-bond donors (Lipinski definition) is 3. The summed E-state index contributed by atoms with van der Waals surface area (Å²) in [7, 11) is 0. The molecule has 0 saturated heterocycles. The lowest BCUT2D eigenvalue weighted by molar-refractivity contribution is 0.301. The second-order valence-electron chi connectivity index (χ2n) is 3.63. The first kappa shape index (κ1) is 10.9. The van der Waals surface area contributed by atoms with Crippen LogP contribution < -0.4 is 16.9 Å². The average Bonchev–Trinajstić information content (AvgIpc) is 2.75. The van der Waals surface area contributed by atoms with Gasteiger partial charge in [0.05, 0.1) is 5.70 Å². The highest BCUT2D eigenvalue weighted by atomic mass is 32.2. The lowest BCUT2D eigenvalue weighted by Gasteiger charge is -2.35. The molecule has 0 saturated carbocycles. The van der Waals surface area contributed by atoms with Crippen LogP contribution >= 0.6 is 11.8 Å². The maximum atomic E-state index is 5.79. The van der Waals surface area contributed by atoms with Crippen molar-refractivity contribution >= 4 is 29.4 Å². The number of guanidine groups is 2. The molecule has 94 valence electrons. The minimum absolute atomic E-state index is 0.166. The molecule has 1 aromatic rings. The van der Waals surface area contributed by atoms with Gasteiger partial charge in [0.25, 0.3) is 0 Å². The van der Waals surface area contributed by atoms with Crippen LogP contribution in [0.15, 0.2) is 20.0 Å². The third kappa shape index (κ3) is 1.66. The van der Waals surface area contributed by atoms with Crippen LogP contribution in [-0.2, 0) is 0 Å². The summed E-state index contributed by atoms with van der Waals surface area (Å²) in [4.78, 5) is 8.03. The summed E-state index contributed by atoms with van der Waals surface area (Å²) in [5.74, 6) is 0.416. The van der Waals surface area contributed by atoms with Crippen molar-refractivity contribution in [2.24, 2.45) is 21.5 Å². The summed E-state index contributed by atoms with van der Waals surface area (Å²) in [6.07, 6.45) is 0. The zero-order valence-corrected chi connectivity index (χ0v) is 10.2. The Morgan fingerprint density at radius 3 is 3.00 bits per heavy atom. The Labute approximate surface area is 106 Å². The van der Waals surface area contributed by atoms with Gasteiger partial charge >= 0.3 is 0 Å². The normalized spacial score (nSPS) is 22.6. The van der Waals surface area contributed by atoms with E-state index in [0.717, 1.165) is 5.70 Å². The standard InChI is InChI=1S/C8H10N8OS/c1-3-5(15-17-14-3)4-2-18-8-12-6(9)11-7(10)16(8)13-4/h2,8,13H,1H3,(H4,9,10,11,12)/t8-/m0/s1. The van der Waals surface area contributed by atoms with Gasteiger partial charge in [-0.15, -0.1) is 0 Å². The Bertz CT molecular complexity index is 575. The van der Waals surface area contributed by atoms with E-state index in [4.69, 9.17) is 11.5 Å². The molecule has 0 spiro atoms. The zero-order chi connectivity index (χ0) is 12.7. The quantitative estimate of drug-likeness (QED) is 0.599. The monoisotopic (exact) mass is 266 g/mol. The maximum Gasteiger partial charge on any atom is 0.221 e. The van der Waals surface area contributed by atoms with Crippen LogP contribution in [0.3, 0.4) is 0 Å². The highest BCUT2D eigenvalue weighted by molar-refractivity contribution is 8.02.